The number of ether oxygens (including phenoxy) is 2. The summed E-state index contributed by atoms with van der Waals surface area (Å²) in [5.74, 6) is -2.76. The van der Waals surface area contributed by atoms with E-state index in [-0.39, 0.29) is 12.0 Å². The fourth-order valence-electron chi connectivity index (χ4n) is 2.06. The zero-order valence-corrected chi connectivity index (χ0v) is 13.8. The van der Waals surface area contributed by atoms with Gasteiger partial charge < -0.3 is 14.8 Å². The van der Waals surface area contributed by atoms with E-state index in [0.717, 1.165) is 31.4 Å². The lowest BCUT2D eigenvalue weighted by Crippen LogP contribution is -2.46. The van der Waals surface area contributed by atoms with Crippen LogP contribution >= 0.6 is 0 Å². The van der Waals surface area contributed by atoms with Gasteiger partial charge in [-0.05, 0) is 30.2 Å². The molecule has 1 amide bonds. The smallest absolute Gasteiger partial charge is 0.416 e. The molecule has 0 saturated heterocycles. The molecule has 0 fully saturated rings. The SMILES string of the molecule is COC(=O)C[C@@H](C)[C@@H](NC(=O)c1ccc(C(F)(F)F)cc1)C(=O)OC. The summed E-state index contributed by atoms with van der Waals surface area (Å²) >= 11 is 0. The van der Waals surface area contributed by atoms with E-state index in [1.165, 1.54) is 14.0 Å². The van der Waals surface area contributed by atoms with Crippen molar-refractivity contribution in [1.82, 2.24) is 5.32 Å². The molecule has 0 spiro atoms. The maximum Gasteiger partial charge on any atom is 0.416 e. The molecule has 0 unspecified atom stereocenters. The van der Waals surface area contributed by atoms with Crippen LogP contribution in [-0.2, 0) is 25.2 Å². The molecule has 0 aromatic heterocycles. The van der Waals surface area contributed by atoms with Crippen molar-refractivity contribution in [3.63, 3.8) is 0 Å². The third-order valence-electron chi connectivity index (χ3n) is 3.50. The quantitative estimate of drug-likeness (QED) is 0.786. The van der Waals surface area contributed by atoms with Crippen LogP contribution in [-0.4, -0.2) is 38.1 Å². The van der Waals surface area contributed by atoms with E-state index in [1.807, 2.05) is 0 Å². The van der Waals surface area contributed by atoms with Crippen LogP contribution in [0.4, 0.5) is 13.2 Å². The lowest BCUT2D eigenvalue weighted by molar-refractivity contribution is -0.146. The number of esters is 2. The van der Waals surface area contributed by atoms with Gasteiger partial charge in [-0.15, -0.1) is 0 Å². The highest BCUT2D eigenvalue weighted by Crippen LogP contribution is 2.29. The Bertz CT molecular complexity index is 628. The van der Waals surface area contributed by atoms with Crippen molar-refractivity contribution in [2.75, 3.05) is 14.2 Å². The number of carbonyl (C=O) groups excluding carboxylic acids is 3. The Balaban J connectivity index is 2.91. The molecule has 138 valence electrons. The summed E-state index contributed by atoms with van der Waals surface area (Å²) in [5, 5.41) is 2.37. The van der Waals surface area contributed by atoms with Crippen molar-refractivity contribution < 1.29 is 37.0 Å². The number of alkyl halides is 3. The summed E-state index contributed by atoms with van der Waals surface area (Å²) in [6, 6.07) is 2.37. The van der Waals surface area contributed by atoms with Crippen LogP contribution in [0.25, 0.3) is 0 Å². The average molecular weight is 361 g/mol. The molecular formula is C16H18F3NO5. The molecule has 1 rings (SSSR count). The van der Waals surface area contributed by atoms with Gasteiger partial charge in [0.25, 0.3) is 5.91 Å². The highest BCUT2D eigenvalue weighted by atomic mass is 19.4. The maximum absolute atomic E-state index is 12.5. The Morgan fingerprint density at radius 1 is 1.08 bits per heavy atom. The van der Waals surface area contributed by atoms with Crippen LogP contribution in [0.2, 0.25) is 0 Å². The number of rotatable bonds is 6. The normalized spacial score (nSPS) is 13.5. The van der Waals surface area contributed by atoms with Crippen molar-refractivity contribution in [3.05, 3.63) is 35.4 Å². The topological polar surface area (TPSA) is 81.7 Å². The lowest BCUT2D eigenvalue weighted by atomic mass is 9.97. The van der Waals surface area contributed by atoms with Crippen LogP contribution in [0, 0.1) is 5.92 Å². The predicted octanol–water partition coefficient (Wildman–Crippen LogP) is 2.18. The van der Waals surface area contributed by atoms with Gasteiger partial charge in [-0.2, -0.15) is 13.2 Å². The van der Waals surface area contributed by atoms with Gasteiger partial charge in [0.15, 0.2) is 0 Å². The molecule has 0 aliphatic carbocycles. The van der Waals surface area contributed by atoms with Gasteiger partial charge in [0.05, 0.1) is 26.2 Å². The number of carbonyl (C=O) groups is 3. The molecule has 9 heteroatoms. The molecule has 0 bridgehead atoms. The fraction of sp³-hybridized carbons (Fsp3) is 0.438. The maximum atomic E-state index is 12.5. The van der Waals surface area contributed by atoms with Gasteiger partial charge in [-0.1, -0.05) is 6.92 Å². The second-order valence-electron chi connectivity index (χ2n) is 5.31. The second-order valence-corrected chi connectivity index (χ2v) is 5.31. The molecule has 1 aromatic carbocycles. The van der Waals surface area contributed by atoms with Crippen molar-refractivity contribution in [1.29, 1.82) is 0 Å². The Labute approximate surface area is 142 Å². The highest BCUT2D eigenvalue weighted by molar-refractivity contribution is 5.97. The molecule has 2 atom stereocenters. The lowest BCUT2D eigenvalue weighted by Gasteiger charge is -2.22. The van der Waals surface area contributed by atoms with Crippen LogP contribution in [0.1, 0.15) is 29.3 Å². The molecular weight excluding hydrogens is 343 g/mol. The number of methoxy groups -OCH3 is 2. The van der Waals surface area contributed by atoms with Crippen LogP contribution < -0.4 is 5.32 Å². The van der Waals surface area contributed by atoms with Gasteiger partial charge >= 0.3 is 18.1 Å². The predicted molar refractivity (Wildman–Crippen MR) is 80.5 cm³/mol. The Morgan fingerprint density at radius 3 is 2.08 bits per heavy atom. The molecule has 0 aliphatic heterocycles. The zero-order valence-electron chi connectivity index (χ0n) is 13.8. The minimum Gasteiger partial charge on any atom is -0.469 e. The first kappa shape index (κ1) is 20.5. The third kappa shape index (κ3) is 5.77. The van der Waals surface area contributed by atoms with Gasteiger partial charge in [-0.3, -0.25) is 9.59 Å². The molecule has 1 N–H and O–H groups in total. The van der Waals surface area contributed by atoms with Crippen LogP contribution in [0.3, 0.4) is 0 Å². The number of hydrogen-bond acceptors (Lipinski definition) is 5. The molecule has 1 aromatic rings. The van der Waals surface area contributed by atoms with Crippen LogP contribution in [0.5, 0.6) is 0 Å². The minimum atomic E-state index is -4.52. The summed E-state index contributed by atoms with van der Waals surface area (Å²) in [6.45, 7) is 1.53. The van der Waals surface area contributed by atoms with E-state index < -0.39 is 41.5 Å². The molecule has 0 heterocycles. The molecule has 6 nitrogen and oxygen atoms in total. The monoisotopic (exact) mass is 361 g/mol. The largest absolute Gasteiger partial charge is 0.469 e. The van der Waals surface area contributed by atoms with E-state index >= 15 is 0 Å². The average Bonchev–Trinajstić information content (AvgIpc) is 2.57. The van der Waals surface area contributed by atoms with Crippen molar-refractivity contribution in [2.24, 2.45) is 5.92 Å². The van der Waals surface area contributed by atoms with E-state index in [0.29, 0.717) is 0 Å². The number of nitrogens with one attached hydrogen (secondary N) is 1. The Kier molecular flexibility index (Phi) is 6.96. The van der Waals surface area contributed by atoms with E-state index in [9.17, 15) is 27.6 Å². The van der Waals surface area contributed by atoms with Gasteiger partial charge in [0, 0.05) is 5.56 Å². The standard InChI is InChI=1S/C16H18F3NO5/c1-9(8-12(21)24-2)13(15(23)25-3)20-14(22)10-4-6-11(7-5-10)16(17,18)19/h4-7,9,13H,8H2,1-3H3,(H,20,22)/t9-,13-/m1/s1. The Hall–Kier alpha value is -2.58. The number of halogens is 3. The summed E-state index contributed by atoms with van der Waals surface area (Å²) in [5.41, 5.74) is -0.959. The van der Waals surface area contributed by atoms with E-state index in [1.54, 1.807) is 0 Å². The van der Waals surface area contributed by atoms with Crippen molar-refractivity contribution >= 4 is 17.8 Å². The van der Waals surface area contributed by atoms with Crippen molar-refractivity contribution in [2.45, 2.75) is 25.6 Å². The summed E-state index contributed by atoms with van der Waals surface area (Å²) in [6.07, 6.45) is -4.66. The summed E-state index contributed by atoms with van der Waals surface area (Å²) < 4.78 is 46.7. The van der Waals surface area contributed by atoms with Gasteiger partial charge in [0.1, 0.15) is 6.04 Å². The second kappa shape index (κ2) is 8.50. The summed E-state index contributed by atoms with van der Waals surface area (Å²) in [4.78, 5) is 35.3. The van der Waals surface area contributed by atoms with Gasteiger partial charge in [-0.25, -0.2) is 4.79 Å². The van der Waals surface area contributed by atoms with E-state index in [2.05, 4.69) is 14.8 Å². The molecule has 0 saturated carbocycles. The molecule has 0 aliphatic rings. The van der Waals surface area contributed by atoms with E-state index in [4.69, 9.17) is 0 Å². The molecule has 0 radical (unpaired) electrons. The van der Waals surface area contributed by atoms with Crippen LogP contribution in [0.15, 0.2) is 24.3 Å². The number of hydrogen-bond donors (Lipinski definition) is 1. The number of amides is 1. The highest BCUT2D eigenvalue weighted by Gasteiger charge is 2.32. The Morgan fingerprint density at radius 2 is 1.64 bits per heavy atom. The first-order chi connectivity index (χ1) is 11.6. The zero-order chi connectivity index (χ0) is 19.2. The van der Waals surface area contributed by atoms with Crippen molar-refractivity contribution in [3.8, 4) is 0 Å². The first-order valence-corrected chi connectivity index (χ1v) is 7.23. The minimum absolute atomic E-state index is 0.0628. The number of benzene rings is 1. The molecule has 25 heavy (non-hydrogen) atoms. The third-order valence-corrected chi connectivity index (χ3v) is 3.50. The fourth-order valence-corrected chi connectivity index (χ4v) is 2.06. The first-order valence-electron chi connectivity index (χ1n) is 7.23. The van der Waals surface area contributed by atoms with Gasteiger partial charge in [0.2, 0.25) is 0 Å². The summed E-state index contributed by atoms with van der Waals surface area (Å²) in [7, 11) is 2.30.